The minimum Gasteiger partial charge on any atom is -0.478 e. The smallest absolute Gasteiger partial charge is 0.407 e. The van der Waals surface area contributed by atoms with E-state index >= 15 is 0 Å². The summed E-state index contributed by atoms with van der Waals surface area (Å²) in [4.78, 5) is 23.5. The van der Waals surface area contributed by atoms with Crippen LogP contribution in [0.4, 0.5) is 4.79 Å². The molecule has 0 fully saturated rings. The third-order valence-corrected chi connectivity index (χ3v) is 5.58. The van der Waals surface area contributed by atoms with Crippen molar-refractivity contribution < 1.29 is 19.4 Å². The Morgan fingerprint density at radius 1 is 0.968 bits per heavy atom. The normalized spacial score (nSPS) is 12.4. The maximum absolute atomic E-state index is 12.2. The van der Waals surface area contributed by atoms with Crippen LogP contribution in [0.25, 0.3) is 17.2 Å². The highest BCUT2D eigenvalue weighted by atomic mass is 35.5. The van der Waals surface area contributed by atoms with Gasteiger partial charge in [-0.3, -0.25) is 0 Å². The van der Waals surface area contributed by atoms with Gasteiger partial charge >= 0.3 is 12.1 Å². The molecule has 4 rings (SSSR count). The van der Waals surface area contributed by atoms with Crippen molar-refractivity contribution in [3.63, 3.8) is 0 Å². The van der Waals surface area contributed by atoms with Crippen molar-refractivity contribution in [2.75, 3.05) is 13.2 Å². The largest absolute Gasteiger partial charge is 0.478 e. The zero-order valence-electron chi connectivity index (χ0n) is 16.5. The second kappa shape index (κ2) is 9.06. The SMILES string of the molecule is O=C(NCC=Cc1cccc(Cl)c1C(=O)O)OCC1c2ccccc2-c2ccccc21. The molecule has 2 N–H and O–H groups in total. The fraction of sp³-hybridized carbons (Fsp3) is 0.120. The van der Waals surface area contributed by atoms with Crippen molar-refractivity contribution in [2.24, 2.45) is 0 Å². The Morgan fingerprint density at radius 2 is 1.61 bits per heavy atom. The Balaban J connectivity index is 1.35. The summed E-state index contributed by atoms with van der Waals surface area (Å²) in [5.41, 5.74) is 5.14. The summed E-state index contributed by atoms with van der Waals surface area (Å²) < 4.78 is 5.47. The van der Waals surface area contributed by atoms with Gasteiger partial charge in [0.05, 0.1) is 10.6 Å². The monoisotopic (exact) mass is 433 g/mol. The molecule has 0 bridgehead atoms. The van der Waals surface area contributed by atoms with E-state index in [0.717, 1.165) is 11.1 Å². The summed E-state index contributed by atoms with van der Waals surface area (Å²) in [5, 5.41) is 12.1. The van der Waals surface area contributed by atoms with Crippen LogP contribution < -0.4 is 5.32 Å². The molecule has 0 atom stereocenters. The van der Waals surface area contributed by atoms with Crippen LogP contribution >= 0.6 is 11.6 Å². The fourth-order valence-electron chi connectivity index (χ4n) is 3.88. The van der Waals surface area contributed by atoms with Crippen molar-refractivity contribution >= 4 is 29.7 Å². The molecule has 6 heteroatoms. The molecule has 3 aromatic carbocycles. The average Bonchev–Trinajstić information content (AvgIpc) is 3.09. The number of amides is 1. The van der Waals surface area contributed by atoms with Gasteiger partial charge in [0.2, 0.25) is 0 Å². The van der Waals surface area contributed by atoms with E-state index in [1.807, 2.05) is 24.3 Å². The quantitative estimate of drug-likeness (QED) is 0.531. The van der Waals surface area contributed by atoms with Crippen LogP contribution in [0, 0.1) is 0 Å². The molecule has 5 nitrogen and oxygen atoms in total. The number of hydrogen-bond donors (Lipinski definition) is 2. The number of carboxylic acid groups (broad SMARTS) is 1. The number of carbonyl (C=O) groups excluding carboxylic acids is 1. The van der Waals surface area contributed by atoms with E-state index in [-0.39, 0.29) is 29.7 Å². The van der Waals surface area contributed by atoms with E-state index in [9.17, 15) is 14.7 Å². The zero-order chi connectivity index (χ0) is 21.8. The molecule has 3 aromatic rings. The van der Waals surface area contributed by atoms with Gasteiger partial charge in [-0.05, 0) is 33.9 Å². The Kier molecular flexibility index (Phi) is 6.05. The Hall–Kier alpha value is -3.57. The van der Waals surface area contributed by atoms with Gasteiger partial charge in [-0.2, -0.15) is 0 Å². The summed E-state index contributed by atoms with van der Waals surface area (Å²) in [5.74, 6) is -1.10. The predicted molar refractivity (Wildman–Crippen MR) is 121 cm³/mol. The van der Waals surface area contributed by atoms with E-state index < -0.39 is 12.1 Å². The van der Waals surface area contributed by atoms with E-state index in [4.69, 9.17) is 16.3 Å². The number of ether oxygens (including phenoxy) is 1. The summed E-state index contributed by atoms with van der Waals surface area (Å²) in [6, 6.07) is 21.1. The van der Waals surface area contributed by atoms with Gasteiger partial charge < -0.3 is 15.2 Å². The molecular formula is C25H20ClNO4. The maximum Gasteiger partial charge on any atom is 0.407 e. The van der Waals surface area contributed by atoms with Crippen molar-refractivity contribution in [1.82, 2.24) is 5.32 Å². The lowest BCUT2D eigenvalue weighted by atomic mass is 9.98. The van der Waals surface area contributed by atoms with Gasteiger partial charge in [0.15, 0.2) is 0 Å². The van der Waals surface area contributed by atoms with Crippen LogP contribution in [0.5, 0.6) is 0 Å². The number of nitrogens with one attached hydrogen (secondary N) is 1. The topological polar surface area (TPSA) is 75.6 Å². The zero-order valence-corrected chi connectivity index (χ0v) is 17.3. The number of alkyl carbamates (subject to hydrolysis) is 1. The fourth-order valence-corrected chi connectivity index (χ4v) is 4.15. The van der Waals surface area contributed by atoms with Gasteiger partial charge in [0.25, 0.3) is 0 Å². The number of rotatable bonds is 6. The van der Waals surface area contributed by atoms with Crippen LogP contribution in [-0.2, 0) is 4.74 Å². The summed E-state index contributed by atoms with van der Waals surface area (Å²) in [6.45, 7) is 0.434. The molecule has 31 heavy (non-hydrogen) atoms. The minimum atomic E-state index is -1.10. The lowest BCUT2D eigenvalue weighted by Gasteiger charge is -2.14. The van der Waals surface area contributed by atoms with E-state index in [0.29, 0.717) is 5.56 Å². The van der Waals surface area contributed by atoms with Gasteiger partial charge in [0.1, 0.15) is 6.61 Å². The molecule has 0 spiro atoms. The van der Waals surface area contributed by atoms with Crippen molar-refractivity contribution in [3.8, 4) is 11.1 Å². The second-order valence-corrected chi connectivity index (χ2v) is 7.53. The minimum absolute atomic E-state index is 0.00159. The van der Waals surface area contributed by atoms with Crippen LogP contribution in [0.3, 0.4) is 0 Å². The van der Waals surface area contributed by atoms with Gasteiger partial charge in [-0.1, -0.05) is 84.4 Å². The third-order valence-electron chi connectivity index (χ3n) is 5.27. The molecular weight excluding hydrogens is 414 g/mol. The molecule has 156 valence electrons. The maximum atomic E-state index is 12.2. The highest BCUT2D eigenvalue weighted by Gasteiger charge is 2.28. The molecule has 1 aliphatic carbocycles. The summed E-state index contributed by atoms with van der Waals surface area (Å²) >= 11 is 5.96. The summed E-state index contributed by atoms with van der Waals surface area (Å²) in [7, 11) is 0. The molecule has 0 saturated heterocycles. The van der Waals surface area contributed by atoms with Crippen LogP contribution in [0.1, 0.15) is 33.0 Å². The number of hydrogen-bond acceptors (Lipinski definition) is 3. The van der Waals surface area contributed by atoms with E-state index in [2.05, 4.69) is 29.6 Å². The number of benzene rings is 3. The first-order valence-electron chi connectivity index (χ1n) is 9.83. The van der Waals surface area contributed by atoms with Crippen LogP contribution in [-0.4, -0.2) is 30.3 Å². The number of aromatic carboxylic acids is 1. The molecule has 0 heterocycles. The number of halogens is 1. The Bertz CT molecular complexity index is 1130. The first kappa shape index (κ1) is 20.7. The van der Waals surface area contributed by atoms with Gasteiger partial charge in [0, 0.05) is 12.5 Å². The molecule has 1 amide bonds. The van der Waals surface area contributed by atoms with Gasteiger partial charge in [-0.25, -0.2) is 9.59 Å². The molecule has 0 radical (unpaired) electrons. The molecule has 0 unspecified atom stereocenters. The molecule has 0 aromatic heterocycles. The van der Waals surface area contributed by atoms with Crippen molar-refractivity contribution in [3.05, 3.63) is 100 Å². The van der Waals surface area contributed by atoms with Crippen molar-refractivity contribution in [1.29, 1.82) is 0 Å². The third kappa shape index (κ3) is 4.32. The molecule has 1 aliphatic rings. The first-order chi connectivity index (χ1) is 15.1. The first-order valence-corrected chi connectivity index (χ1v) is 10.2. The van der Waals surface area contributed by atoms with Gasteiger partial charge in [-0.15, -0.1) is 0 Å². The highest BCUT2D eigenvalue weighted by molar-refractivity contribution is 6.33. The average molecular weight is 434 g/mol. The number of fused-ring (bicyclic) bond motifs is 3. The van der Waals surface area contributed by atoms with E-state index in [1.54, 1.807) is 24.3 Å². The lowest BCUT2D eigenvalue weighted by molar-refractivity contribution is 0.0696. The van der Waals surface area contributed by atoms with Crippen molar-refractivity contribution in [2.45, 2.75) is 5.92 Å². The predicted octanol–water partition coefficient (Wildman–Crippen LogP) is 5.59. The molecule has 0 aliphatic heterocycles. The standard InChI is InChI=1S/C25H20ClNO4/c26-22-13-5-7-16(23(22)24(28)29)8-6-14-27-25(30)31-15-21-19-11-3-1-9-17(19)18-10-2-4-12-20(18)21/h1-13,21H,14-15H2,(H,27,30)(H,28,29). The van der Waals surface area contributed by atoms with E-state index in [1.165, 1.54) is 17.2 Å². The highest BCUT2D eigenvalue weighted by Crippen LogP contribution is 2.44. The molecule has 0 saturated carbocycles. The summed E-state index contributed by atoms with van der Waals surface area (Å²) in [6.07, 6.45) is 2.73. The number of carboxylic acids is 1. The van der Waals surface area contributed by atoms with Crippen LogP contribution in [0.15, 0.2) is 72.8 Å². The Morgan fingerprint density at radius 3 is 2.26 bits per heavy atom. The number of carbonyl (C=O) groups is 2. The lowest BCUT2D eigenvalue weighted by Crippen LogP contribution is -2.26. The Labute approximate surface area is 184 Å². The second-order valence-electron chi connectivity index (χ2n) is 7.12. The van der Waals surface area contributed by atoms with Crippen LogP contribution in [0.2, 0.25) is 5.02 Å².